The molecule has 0 aromatic carbocycles. The highest BCUT2D eigenvalue weighted by molar-refractivity contribution is 5.95. The van der Waals surface area contributed by atoms with Crippen LogP contribution in [0.5, 0.6) is 0 Å². The van der Waals surface area contributed by atoms with Crippen LogP contribution >= 0.6 is 0 Å². The van der Waals surface area contributed by atoms with Gasteiger partial charge in [-0.2, -0.15) is 0 Å². The summed E-state index contributed by atoms with van der Waals surface area (Å²) in [4.78, 5) is 31.3. The lowest BCUT2D eigenvalue weighted by Gasteiger charge is -2.25. The summed E-state index contributed by atoms with van der Waals surface area (Å²) in [6, 6.07) is -0.383. The average Bonchev–Trinajstić information content (AvgIpc) is 2.95. The van der Waals surface area contributed by atoms with E-state index in [2.05, 4.69) is 15.2 Å². The lowest BCUT2D eigenvalue weighted by atomic mass is 10.2. The molecule has 1 aromatic rings. The Labute approximate surface area is 105 Å². The molecule has 1 aromatic heterocycles. The van der Waals surface area contributed by atoms with Gasteiger partial charge in [-0.25, -0.2) is 4.98 Å². The van der Waals surface area contributed by atoms with Crippen LogP contribution in [0.4, 0.5) is 0 Å². The van der Waals surface area contributed by atoms with Gasteiger partial charge in [0.2, 0.25) is 11.7 Å². The Hall–Kier alpha value is -1.92. The molecule has 1 atom stereocenters. The van der Waals surface area contributed by atoms with Gasteiger partial charge in [0.25, 0.3) is 5.91 Å². The van der Waals surface area contributed by atoms with Crippen molar-refractivity contribution in [3.8, 4) is 0 Å². The van der Waals surface area contributed by atoms with E-state index in [1.165, 1.54) is 4.90 Å². The maximum Gasteiger partial charge on any atom is 0.294 e. The van der Waals surface area contributed by atoms with Crippen molar-refractivity contribution in [1.29, 1.82) is 0 Å². The molecule has 2 rings (SSSR count). The van der Waals surface area contributed by atoms with Gasteiger partial charge in [-0.15, -0.1) is 5.10 Å². The summed E-state index contributed by atoms with van der Waals surface area (Å²) in [5.74, 6) is 0.393. The van der Waals surface area contributed by atoms with E-state index in [9.17, 15) is 9.59 Å². The summed E-state index contributed by atoms with van der Waals surface area (Å²) in [6.07, 6.45) is 1.53. The van der Waals surface area contributed by atoms with Crippen LogP contribution in [0.2, 0.25) is 0 Å². The van der Waals surface area contributed by atoms with Gasteiger partial charge < -0.3 is 9.80 Å². The minimum atomic E-state index is -0.383. The standard InChI is InChI=1S/C11H17N5O2/c1-7-12-9(14-13-7)11(18)16-6-4-5-8(16)10(17)15(2)3/h8H,4-6H2,1-3H3,(H,12,13,14). The van der Waals surface area contributed by atoms with Crippen molar-refractivity contribution in [3.05, 3.63) is 11.6 Å². The van der Waals surface area contributed by atoms with Crippen LogP contribution in [0.3, 0.4) is 0 Å². The van der Waals surface area contributed by atoms with E-state index >= 15 is 0 Å². The minimum absolute atomic E-state index is 0.0480. The quantitative estimate of drug-likeness (QED) is 0.789. The van der Waals surface area contributed by atoms with E-state index in [-0.39, 0.29) is 23.7 Å². The Morgan fingerprint density at radius 2 is 2.17 bits per heavy atom. The molecule has 0 saturated carbocycles. The van der Waals surface area contributed by atoms with Crippen LogP contribution in [0.1, 0.15) is 29.3 Å². The van der Waals surface area contributed by atoms with Gasteiger partial charge in [0.15, 0.2) is 0 Å². The van der Waals surface area contributed by atoms with Crippen LogP contribution in [-0.2, 0) is 4.79 Å². The van der Waals surface area contributed by atoms with E-state index in [1.807, 2.05) is 0 Å². The van der Waals surface area contributed by atoms with Gasteiger partial charge in [0.05, 0.1) is 0 Å². The fraction of sp³-hybridized carbons (Fsp3) is 0.636. The van der Waals surface area contributed by atoms with Crippen molar-refractivity contribution in [3.63, 3.8) is 0 Å². The number of aryl methyl sites for hydroxylation is 1. The fourth-order valence-corrected chi connectivity index (χ4v) is 2.13. The molecule has 2 heterocycles. The van der Waals surface area contributed by atoms with Crippen LogP contribution < -0.4 is 0 Å². The van der Waals surface area contributed by atoms with Crippen molar-refractivity contribution >= 4 is 11.8 Å². The Morgan fingerprint density at radius 1 is 1.44 bits per heavy atom. The molecule has 0 radical (unpaired) electrons. The molecule has 98 valence electrons. The number of carbonyl (C=O) groups is 2. The molecule has 0 spiro atoms. The van der Waals surface area contributed by atoms with Gasteiger partial charge in [-0.1, -0.05) is 0 Å². The fourth-order valence-electron chi connectivity index (χ4n) is 2.13. The number of amides is 2. The molecule has 0 aliphatic carbocycles. The number of hydrogen-bond acceptors (Lipinski definition) is 4. The van der Waals surface area contributed by atoms with Crippen molar-refractivity contribution in [2.24, 2.45) is 0 Å². The predicted octanol–water partition coefficient (Wildman–Crippen LogP) is -0.194. The number of nitrogens with zero attached hydrogens (tertiary/aromatic N) is 4. The van der Waals surface area contributed by atoms with Gasteiger partial charge in [0, 0.05) is 20.6 Å². The second kappa shape index (κ2) is 4.75. The van der Waals surface area contributed by atoms with Gasteiger partial charge in [-0.05, 0) is 19.8 Å². The Kier molecular flexibility index (Phi) is 3.31. The van der Waals surface area contributed by atoms with Crippen LogP contribution in [-0.4, -0.2) is 63.5 Å². The number of hydrogen-bond donors (Lipinski definition) is 1. The SMILES string of the molecule is Cc1nc(C(=O)N2CCCC2C(=O)N(C)C)n[nH]1. The number of nitrogens with one attached hydrogen (secondary N) is 1. The monoisotopic (exact) mass is 251 g/mol. The molecule has 2 amide bonds. The molecule has 1 fully saturated rings. The Morgan fingerprint density at radius 3 is 2.72 bits per heavy atom. The lowest BCUT2D eigenvalue weighted by molar-refractivity contribution is -0.132. The van der Waals surface area contributed by atoms with Gasteiger partial charge in [-0.3, -0.25) is 14.7 Å². The first kappa shape index (κ1) is 12.5. The summed E-state index contributed by atoms with van der Waals surface area (Å²) in [5, 5.41) is 6.48. The van der Waals surface area contributed by atoms with Crippen molar-refractivity contribution in [2.75, 3.05) is 20.6 Å². The van der Waals surface area contributed by atoms with Crippen molar-refractivity contribution in [2.45, 2.75) is 25.8 Å². The Bertz CT molecular complexity index is 468. The second-order valence-corrected chi connectivity index (χ2v) is 4.63. The van der Waals surface area contributed by atoms with E-state index in [4.69, 9.17) is 0 Å². The third-order valence-corrected chi connectivity index (χ3v) is 3.03. The number of carbonyl (C=O) groups excluding carboxylic acids is 2. The zero-order chi connectivity index (χ0) is 13.3. The number of H-pyrrole nitrogens is 1. The molecular formula is C11H17N5O2. The normalized spacial score (nSPS) is 19.1. The number of likely N-dealkylation sites (N-methyl/N-ethyl adjacent to an activating group) is 1. The third kappa shape index (κ3) is 2.20. The molecule has 0 bridgehead atoms. The van der Waals surface area contributed by atoms with Crippen molar-refractivity contribution < 1.29 is 9.59 Å². The smallest absolute Gasteiger partial charge is 0.294 e. The van der Waals surface area contributed by atoms with E-state index in [0.29, 0.717) is 18.8 Å². The topological polar surface area (TPSA) is 82.2 Å². The van der Waals surface area contributed by atoms with E-state index < -0.39 is 0 Å². The lowest BCUT2D eigenvalue weighted by Crippen LogP contribution is -2.45. The third-order valence-electron chi connectivity index (χ3n) is 3.03. The summed E-state index contributed by atoms with van der Waals surface area (Å²) in [6.45, 7) is 2.31. The second-order valence-electron chi connectivity index (χ2n) is 4.63. The summed E-state index contributed by atoms with van der Waals surface area (Å²) < 4.78 is 0. The number of aromatic amines is 1. The predicted molar refractivity (Wildman–Crippen MR) is 63.9 cm³/mol. The average molecular weight is 251 g/mol. The first-order valence-electron chi connectivity index (χ1n) is 5.92. The molecule has 1 aliphatic rings. The summed E-state index contributed by atoms with van der Waals surface area (Å²) >= 11 is 0. The summed E-state index contributed by atoms with van der Waals surface area (Å²) in [5.41, 5.74) is 0. The molecule has 7 heteroatoms. The zero-order valence-electron chi connectivity index (χ0n) is 10.8. The molecule has 1 unspecified atom stereocenters. The van der Waals surface area contributed by atoms with E-state index in [1.54, 1.807) is 25.9 Å². The van der Waals surface area contributed by atoms with Gasteiger partial charge in [0.1, 0.15) is 11.9 Å². The molecular weight excluding hydrogens is 234 g/mol. The van der Waals surface area contributed by atoms with E-state index in [0.717, 1.165) is 6.42 Å². The largest absolute Gasteiger partial charge is 0.347 e. The number of rotatable bonds is 2. The Balaban J connectivity index is 2.17. The molecule has 1 aliphatic heterocycles. The maximum absolute atomic E-state index is 12.2. The molecule has 7 nitrogen and oxygen atoms in total. The maximum atomic E-state index is 12.2. The number of aromatic nitrogens is 3. The molecule has 1 N–H and O–H groups in total. The first-order chi connectivity index (χ1) is 8.50. The highest BCUT2D eigenvalue weighted by atomic mass is 16.2. The molecule has 18 heavy (non-hydrogen) atoms. The van der Waals surface area contributed by atoms with Crippen LogP contribution in [0.15, 0.2) is 0 Å². The van der Waals surface area contributed by atoms with Crippen molar-refractivity contribution in [1.82, 2.24) is 25.0 Å². The first-order valence-corrected chi connectivity index (χ1v) is 5.92. The van der Waals surface area contributed by atoms with Gasteiger partial charge >= 0.3 is 0 Å². The number of likely N-dealkylation sites (tertiary alicyclic amines) is 1. The summed E-state index contributed by atoms with van der Waals surface area (Å²) in [7, 11) is 3.39. The minimum Gasteiger partial charge on any atom is -0.347 e. The highest BCUT2D eigenvalue weighted by Gasteiger charge is 2.36. The van der Waals surface area contributed by atoms with Crippen LogP contribution in [0.25, 0.3) is 0 Å². The molecule has 1 saturated heterocycles. The zero-order valence-corrected chi connectivity index (χ0v) is 10.8. The van der Waals surface area contributed by atoms with Crippen LogP contribution in [0, 0.1) is 6.92 Å². The highest BCUT2D eigenvalue weighted by Crippen LogP contribution is 2.20.